The molecule has 2 aliphatic rings. The highest BCUT2D eigenvalue weighted by atomic mass is 16.4. The number of phenolic OH excluding ortho intramolecular Hbond substituents is 1. The number of carboxylic acids is 1. The molecule has 0 amide bonds. The summed E-state index contributed by atoms with van der Waals surface area (Å²) in [6.07, 6.45) is 4.07. The zero-order valence-electron chi connectivity index (χ0n) is 14.0. The molecule has 1 saturated carbocycles. The second-order valence-corrected chi connectivity index (χ2v) is 7.67. The van der Waals surface area contributed by atoms with Gasteiger partial charge in [-0.3, -0.25) is 9.59 Å². The molecule has 0 radical (unpaired) electrons. The standard InChI is InChI=1S/C19H24O4/c1-11(20)13-9-12-5-6-16-18(2,14(12)10-15(13)21)7-4-8-19(16,3)17(22)23/h9-10,16,21H,4-8H2,1-3H3,(H,22,23)/t16-,18+,19-/m1/s1. The van der Waals surface area contributed by atoms with Crippen molar-refractivity contribution >= 4 is 11.8 Å². The van der Waals surface area contributed by atoms with Gasteiger partial charge in [0.2, 0.25) is 0 Å². The smallest absolute Gasteiger partial charge is 0.309 e. The van der Waals surface area contributed by atoms with E-state index in [1.165, 1.54) is 6.92 Å². The number of ketones is 1. The Morgan fingerprint density at radius 3 is 2.52 bits per heavy atom. The Kier molecular flexibility index (Phi) is 3.54. The van der Waals surface area contributed by atoms with Gasteiger partial charge >= 0.3 is 5.97 Å². The molecule has 3 atom stereocenters. The number of aromatic hydroxyl groups is 1. The van der Waals surface area contributed by atoms with Crippen LogP contribution in [0, 0.1) is 11.3 Å². The van der Waals surface area contributed by atoms with Crippen LogP contribution in [0.3, 0.4) is 0 Å². The molecule has 124 valence electrons. The van der Waals surface area contributed by atoms with Crippen molar-refractivity contribution in [1.82, 2.24) is 0 Å². The normalized spacial score (nSPS) is 32.7. The van der Waals surface area contributed by atoms with Crippen molar-refractivity contribution in [2.75, 3.05) is 0 Å². The van der Waals surface area contributed by atoms with E-state index in [-0.39, 0.29) is 22.9 Å². The lowest BCUT2D eigenvalue weighted by atomic mass is 9.50. The maximum atomic E-state index is 11.9. The molecule has 0 heterocycles. The summed E-state index contributed by atoms with van der Waals surface area (Å²) >= 11 is 0. The minimum atomic E-state index is -0.723. The van der Waals surface area contributed by atoms with Crippen molar-refractivity contribution in [3.8, 4) is 5.75 Å². The van der Waals surface area contributed by atoms with Crippen molar-refractivity contribution < 1.29 is 19.8 Å². The number of fused-ring (bicyclic) bond motifs is 3. The lowest BCUT2D eigenvalue weighted by Gasteiger charge is -2.53. The van der Waals surface area contributed by atoms with E-state index in [9.17, 15) is 19.8 Å². The van der Waals surface area contributed by atoms with Crippen LogP contribution in [-0.4, -0.2) is 22.0 Å². The van der Waals surface area contributed by atoms with Crippen molar-refractivity contribution in [2.45, 2.75) is 58.3 Å². The first-order valence-electron chi connectivity index (χ1n) is 8.31. The van der Waals surface area contributed by atoms with Gasteiger partial charge in [0, 0.05) is 0 Å². The maximum absolute atomic E-state index is 11.9. The van der Waals surface area contributed by atoms with E-state index in [1.54, 1.807) is 12.1 Å². The average molecular weight is 316 g/mol. The van der Waals surface area contributed by atoms with Crippen LogP contribution in [0.5, 0.6) is 5.75 Å². The third kappa shape index (κ3) is 2.19. The fourth-order valence-electron chi connectivity index (χ4n) is 5.04. The summed E-state index contributed by atoms with van der Waals surface area (Å²) in [4.78, 5) is 23.6. The Hall–Kier alpha value is -1.84. The Labute approximate surface area is 136 Å². The molecule has 0 aliphatic heterocycles. The van der Waals surface area contributed by atoms with E-state index < -0.39 is 11.4 Å². The minimum Gasteiger partial charge on any atom is -0.507 e. The van der Waals surface area contributed by atoms with Crippen molar-refractivity contribution in [3.05, 3.63) is 28.8 Å². The number of carbonyl (C=O) groups excluding carboxylic acids is 1. The number of benzene rings is 1. The first-order valence-corrected chi connectivity index (χ1v) is 8.31. The minimum absolute atomic E-state index is 0.0146. The van der Waals surface area contributed by atoms with Gasteiger partial charge in [-0.1, -0.05) is 13.3 Å². The molecule has 1 fully saturated rings. The summed E-state index contributed by atoms with van der Waals surface area (Å²) in [6.45, 7) is 5.45. The molecule has 4 nitrogen and oxygen atoms in total. The Bertz CT molecular complexity index is 693. The number of hydrogen-bond donors (Lipinski definition) is 2. The van der Waals surface area contributed by atoms with Crippen LogP contribution in [0.2, 0.25) is 0 Å². The fraction of sp³-hybridized carbons (Fsp3) is 0.579. The van der Waals surface area contributed by atoms with Crippen LogP contribution in [0.25, 0.3) is 0 Å². The third-order valence-electron chi connectivity index (χ3n) is 6.34. The van der Waals surface area contributed by atoms with Gasteiger partial charge in [-0.05, 0) is 74.1 Å². The Morgan fingerprint density at radius 2 is 1.91 bits per heavy atom. The van der Waals surface area contributed by atoms with Crippen molar-refractivity contribution in [3.63, 3.8) is 0 Å². The molecule has 0 aromatic heterocycles. The molecule has 0 bridgehead atoms. The SMILES string of the molecule is CC(=O)c1cc2c(cc1O)[C@]1(C)CCC[C@@](C)(C(=O)O)[C@@H]1CC2. The topological polar surface area (TPSA) is 74.6 Å². The number of Topliss-reactive ketones (excluding diaryl/α,β-unsaturated/α-hetero) is 1. The van der Waals surface area contributed by atoms with Crippen LogP contribution < -0.4 is 0 Å². The van der Waals surface area contributed by atoms with Crippen LogP contribution in [0.15, 0.2) is 12.1 Å². The number of aliphatic carboxylic acids is 1. The zero-order chi connectivity index (χ0) is 17.0. The van der Waals surface area contributed by atoms with Gasteiger partial charge in [-0.25, -0.2) is 0 Å². The number of hydrogen-bond acceptors (Lipinski definition) is 3. The summed E-state index contributed by atoms with van der Waals surface area (Å²) in [5.74, 6) is -0.796. The highest BCUT2D eigenvalue weighted by Crippen LogP contribution is 2.57. The predicted molar refractivity (Wildman–Crippen MR) is 86.9 cm³/mol. The van der Waals surface area contributed by atoms with Gasteiger partial charge < -0.3 is 10.2 Å². The van der Waals surface area contributed by atoms with Crippen LogP contribution in [-0.2, 0) is 16.6 Å². The molecule has 0 unspecified atom stereocenters. The second kappa shape index (κ2) is 5.08. The maximum Gasteiger partial charge on any atom is 0.309 e. The summed E-state index contributed by atoms with van der Waals surface area (Å²) < 4.78 is 0. The summed E-state index contributed by atoms with van der Waals surface area (Å²) in [5, 5.41) is 20.0. The van der Waals surface area contributed by atoms with Crippen LogP contribution >= 0.6 is 0 Å². The number of carbonyl (C=O) groups is 2. The lowest BCUT2D eigenvalue weighted by molar-refractivity contribution is -0.157. The Morgan fingerprint density at radius 1 is 1.22 bits per heavy atom. The van der Waals surface area contributed by atoms with E-state index in [2.05, 4.69) is 6.92 Å². The highest BCUT2D eigenvalue weighted by molar-refractivity contribution is 5.97. The highest BCUT2D eigenvalue weighted by Gasteiger charge is 2.55. The number of phenols is 1. The van der Waals surface area contributed by atoms with E-state index in [0.717, 1.165) is 36.8 Å². The molecule has 4 heteroatoms. The largest absolute Gasteiger partial charge is 0.507 e. The quantitative estimate of drug-likeness (QED) is 0.816. The molecule has 2 N–H and O–H groups in total. The molecule has 0 saturated heterocycles. The fourth-order valence-corrected chi connectivity index (χ4v) is 5.04. The number of rotatable bonds is 2. The molecular formula is C19H24O4. The van der Waals surface area contributed by atoms with Crippen LogP contribution in [0.1, 0.15) is 67.9 Å². The molecular weight excluding hydrogens is 292 g/mol. The zero-order valence-corrected chi connectivity index (χ0v) is 14.0. The molecule has 0 spiro atoms. The molecule has 23 heavy (non-hydrogen) atoms. The summed E-state index contributed by atoms with van der Waals surface area (Å²) in [5.41, 5.74) is 1.50. The number of carboxylic acid groups (broad SMARTS) is 1. The van der Waals surface area contributed by atoms with Crippen molar-refractivity contribution in [2.24, 2.45) is 11.3 Å². The lowest BCUT2D eigenvalue weighted by Crippen LogP contribution is -2.52. The summed E-state index contributed by atoms with van der Waals surface area (Å²) in [7, 11) is 0. The molecule has 2 aliphatic carbocycles. The van der Waals surface area contributed by atoms with Gasteiger partial charge in [0.05, 0.1) is 11.0 Å². The van der Waals surface area contributed by atoms with Gasteiger partial charge in [0.15, 0.2) is 5.78 Å². The van der Waals surface area contributed by atoms with E-state index >= 15 is 0 Å². The molecule has 1 aromatic rings. The van der Waals surface area contributed by atoms with Gasteiger partial charge in [-0.2, -0.15) is 0 Å². The third-order valence-corrected chi connectivity index (χ3v) is 6.34. The number of aryl methyl sites for hydroxylation is 1. The van der Waals surface area contributed by atoms with E-state index in [0.29, 0.717) is 12.0 Å². The van der Waals surface area contributed by atoms with Gasteiger partial charge in [-0.15, -0.1) is 0 Å². The van der Waals surface area contributed by atoms with E-state index in [1.807, 2.05) is 6.92 Å². The Balaban J connectivity index is 2.15. The van der Waals surface area contributed by atoms with Gasteiger partial charge in [0.1, 0.15) is 5.75 Å². The first kappa shape index (κ1) is 16.0. The predicted octanol–water partition coefficient (Wildman–Crippen LogP) is 3.69. The molecule has 1 aromatic carbocycles. The first-order chi connectivity index (χ1) is 10.7. The average Bonchev–Trinajstić information content (AvgIpc) is 2.46. The van der Waals surface area contributed by atoms with Crippen molar-refractivity contribution in [1.29, 1.82) is 0 Å². The summed E-state index contributed by atoms with van der Waals surface area (Å²) in [6, 6.07) is 3.52. The van der Waals surface area contributed by atoms with Gasteiger partial charge in [0.25, 0.3) is 0 Å². The monoisotopic (exact) mass is 316 g/mol. The van der Waals surface area contributed by atoms with Crippen LogP contribution in [0.4, 0.5) is 0 Å². The molecule has 3 rings (SSSR count). The van der Waals surface area contributed by atoms with E-state index in [4.69, 9.17) is 0 Å². The second-order valence-electron chi connectivity index (χ2n) is 7.67.